The first-order valence-corrected chi connectivity index (χ1v) is 6.76. The Kier molecular flexibility index (Phi) is 3.78. The van der Waals surface area contributed by atoms with Crippen LogP contribution in [0.2, 0.25) is 5.02 Å². The molecule has 0 atom stereocenters. The lowest BCUT2D eigenvalue weighted by Gasteiger charge is -2.32. The monoisotopic (exact) mass is 279 g/mol. The van der Waals surface area contributed by atoms with Gasteiger partial charge in [-0.3, -0.25) is 4.98 Å². The van der Waals surface area contributed by atoms with E-state index in [1.165, 1.54) is 0 Å². The summed E-state index contributed by atoms with van der Waals surface area (Å²) in [6, 6.07) is 1.89. The van der Waals surface area contributed by atoms with Gasteiger partial charge in [0.1, 0.15) is 0 Å². The molecule has 2 heterocycles. The smallest absolute Gasteiger partial charge is 0.398 e. The molecule has 1 aliphatic rings. The SMILES string of the molecule is C=CCc1ccnc(B2OC(C)(C)C(C)(C)O2)c1Cl. The third kappa shape index (κ3) is 2.57. The Balaban J connectivity index is 2.34. The molecule has 1 fully saturated rings. The fourth-order valence-electron chi connectivity index (χ4n) is 1.93. The summed E-state index contributed by atoms with van der Waals surface area (Å²) in [6.07, 6.45) is 4.24. The minimum atomic E-state index is -0.526. The Morgan fingerprint density at radius 3 is 2.42 bits per heavy atom. The summed E-state index contributed by atoms with van der Waals surface area (Å²) in [5, 5.41) is 0.598. The molecule has 1 aromatic rings. The molecule has 0 amide bonds. The highest BCUT2D eigenvalue weighted by Crippen LogP contribution is 2.36. The topological polar surface area (TPSA) is 31.4 Å². The van der Waals surface area contributed by atoms with Gasteiger partial charge in [-0.25, -0.2) is 0 Å². The zero-order valence-electron chi connectivity index (χ0n) is 11.9. The number of pyridine rings is 1. The standard InChI is InChI=1S/C14H19BClNO2/c1-6-7-10-8-9-17-12(11(10)16)15-18-13(2,3)14(4,5)19-15/h6,8-9H,1,7H2,2-5H3. The van der Waals surface area contributed by atoms with Crippen LogP contribution in [0.1, 0.15) is 33.3 Å². The summed E-state index contributed by atoms with van der Waals surface area (Å²) < 4.78 is 11.9. The molecule has 2 rings (SSSR count). The second-order valence-electron chi connectivity index (χ2n) is 5.75. The summed E-state index contributed by atoms with van der Waals surface area (Å²) in [5.74, 6) is 0. The molecule has 19 heavy (non-hydrogen) atoms. The predicted molar refractivity (Wildman–Crippen MR) is 78.9 cm³/mol. The molecule has 0 aliphatic carbocycles. The number of hydrogen-bond acceptors (Lipinski definition) is 3. The maximum absolute atomic E-state index is 6.38. The van der Waals surface area contributed by atoms with Gasteiger partial charge in [-0.15, -0.1) is 6.58 Å². The van der Waals surface area contributed by atoms with Crippen LogP contribution in [0, 0.1) is 0 Å². The third-order valence-electron chi connectivity index (χ3n) is 3.84. The summed E-state index contributed by atoms with van der Waals surface area (Å²) in [4.78, 5) is 4.32. The molecule has 0 N–H and O–H groups in total. The average molecular weight is 280 g/mol. The van der Waals surface area contributed by atoms with E-state index in [1.54, 1.807) is 6.20 Å². The van der Waals surface area contributed by atoms with Crippen LogP contribution in [-0.2, 0) is 15.7 Å². The zero-order valence-corrected chi connectivity index (χ0v) is 12.6. The van der Waals surface area contributed by atoms with E-state index in [1.807, 2.05) is 39.8 Å². The minimum Gasteiger partial charge on any atom is -0.398 e. The normalized spacial score (nSPS) is 20.6. The van der Waals surface area contributed by atoms with Crippen molar-refractivity contribution in [1.82, 2.24) is 4.98 Å². The molecule has 0 unspecified atom stereocenters. The van der Waals surface area contributed by atoms with E-state index in [0.717, 1.165) is 5.56 Å². The molecule has 1 saturated heterocycles. The second-order valence-corrected chi connectivity index (χ2v) is 6.13. The van der Waals surface area contributed by atoms with Crippen LogP contribution in [-0.4, -0.2) is 23.3 Å². The molecule has 0 bridgehead atoms. The van der Waals surface area contributed by atoms with E-state index >= 15 is 0 Å². The summed E-state index contributed by atoms with van der Waals surface area (Å²) in [7, 11) is -0.526. The maximum Gasteiger partial charge on any atom is 0.516 e. The van der Waals surface area contributed by atoms with Crippen LogP contribution < -0.4 is 5.59 Å². The van der Waals surface area contributed by atoms with Crippen LogP contribution in [0.25, 0.3) is 0 Å². The first-order chi connectivity index (χ1) is 8.78. The largest absolute Gasteiger partial charge is 0.516 e. The second kappa shape index (κ2) is 4.93. The molecule has 1 aromatic heterocycles. The van der Waals surface area contributed by atoms with Gasteiger partial charge in [0, 0.05) is 6.20 Å². The van der Waals surface area contributed by atoms with Crippen molar-refractivity contribution in [3.63, 3.8) is 0 Å². The fourth-order valence-corrected chi connectivity index (χ4v) is 2.21. The van der Waals surface area contributed by atoms with Crippen molar-refractivity contribution in [3.05, 3.63) is 35.5 Å². The van der Waals surface area contributed by atoms with Gasteiger partial charge in [-0.05, 0) is 45.7 Å². The molecule has 0 aromatic carbocycles. The fraction of sp³-hybridized carbons (Fsp3) is 0.500. The molecular formula is C14H19BClNO2. The van der Waals surface area contributed by atoms with Gasteiger partial charge in [0.2, 0.25) is 0 Å². The lowest BCUT2D eigenvalue weighted by atomic mass is 9.83. The van der Waals surface area contributed by atoms with Crippen molar-refractivity contribution in [1.29, 1.82) is 0 Å². The van der Waals surface area contributed by atoms with Gasteiger partial charge >= 0.3 is 7.12 Å². The number of hydrogen-bond donors (Lipinski definition) is 0. The van der Waals surface area contributed by atoms with Gasteiger partial charge in [0.05, 0.1) is 21.8 Å². The maximum atomic E-state index is 6.38. The van der Waals surface area contributed by atoms with E-state index in [4.69, 9.17) is 20.9 Å². The van der Waals surface area contributed by atoms with E-state index < -0.39 is 18.3 Å². The predicted octanol–water partition coefficient (Wildman–Crippen LogP) is 2.76. The van der Waals surface area contributed by atoms with E-state index in [-0.39, 0.29) is 0 Å². The van der Waals surface area contributed by atoms with Gasteiger partial charge in [-0.2, -0.15) is 0 Å². The van der Waals surface area contributed by atoms with Crippen molar-refractivity contribution < 1.29 is 9.31 Å². The number of nitrogens with zero attached hydrogens (tertiary/aromatic N) is 1. The Hall–Kier alpha value is -0.835. The van der Waals surface area contributed by atoms with Crippen LogP contribution in [0.5, 0.6) is 0 Å². The van der Waals surface area contributed by atoms with Gasteiger partial charge in [0.25, 0.3) is 0 Å². The van der Waals surface area contributed by atoms with Gasteiger partial charge in [0.15, 0.2) is 0 Å². The van der Waals surface area contributed by atoms with Crippen LogP contribution in [0.4, 0.5) is 0 Å². The number of halogens is 1. The summed E-state index contributed by atoms with van der Waals surface area (Å²) in [5.41, 5.74) is 0.838. The van der Waals surface area contributed by atoms with E-state index in [9.17, 15) is 0 Å². The molecule has 1 aliphatic heterocycles. The molecule has 0 spiro atoms. The average Bonchev–Trinajstić information content (AvgIpc) is 2.51. The number of aromatic nitrogens is 1. The number of rotatable bonds is 3. The highest BCUT2D eigenvalue weighted by molar-refractivity contribution is 6.64. The Morgan fingerprint density at radius 2 is 1.89 bits per heavy atom. The van der Waals surface area contributed by atoms with E-state index in [0.29, 0.717) is 17.0 Å². The van der Waals surface area contributed by atoms with Crippen molar-refractivity contribution in [3.8, 4) is 0 Å². The van der Waals surface area contributed by atoms with Crippen molar-refractivity contribution in [2.75, 3.05) is 0 Å². The highest BCUT2D eigenvalue weighted by atomic mass is 35.5. The van der Waals surface area contributed by atoms with E-state index in [2.05, 4.69) is 11.6 Å². The van der Waals surface area contributed by atoms with Crippen LogP contribution in [0.15, 0.2) is 24.9 Å². The molecule has 3 nitrogen and oxygen atoms in total. The van der Waals surface area contributed by atoms with Crippen molar-refractivity contribution >= 4 is 24.3 Å². The van der Waals surface area contributed by atoms with Gasteiger partial charge < -0.3 is 9.31 Å². The van der Waals surface area contributed by atoms with Gasteiger partial charge in [-0.1, -0.05) is 17.7 Å². The lowest BCUT2D eigenvalue weighted by molar-refractivity contribution is 0.00578. The van der Waals surface area contributed by atoms with Crippen LogP contribution in [0.3, 0.4) is 0 Å². The first kappa shape index (κ1) is 14.6. The first-order valence-electron chi connectivity index (χ1n) is 6.38. The minimum absolute atomic E-state index is 0.392. The third-order valence-corrected chi connectivity index (χ3v) is 4.27. The molecule has 0 radical (unpaired) electrons. The zero-order chi connectivity index (χ0) is 14.3. The Labute approximate surface area is 120 Å². The Bertz CT molecular complexity index is 486. The van der Waals surface area contributed by atoms with Crippen molar-refractivity contribution in [2.24, 2.45) is 0 Å². The highest BCUT2D eigenvalue weighted by Gasteiger charge is 2.53. The number of allylic oxidation sites excluding steroid dienone is 1. The van der Waals surface area contributed by atoms with Crippen molar-refractivity contribution in [2.45, 2.75) is 45.3 Å². The lowest BCUT2D eigenvalue weighted by Crippen LogP contribution is -2.41. The summed E-state index contributed by atoms with van der Waals surface area (Å²) >= 11 is 6.38. The Morgan fingerprint density at radius 1 is 1.32 bits per heavy atom. The molecular weight excluding hydrogens is 260 g/mol. The van der Waals surface area contributed by atoms with Crippen LogP contribution >= 0.6 is 11.6 Å². The quantitative estimate of drug-likeness (QED) is 0.630. The summed E-state index contributed by atoms with van der Waals surface area (Å²) in [6.45, 7) is 11.8. The molecule has 102 valence electrons. The molecule has 5 heteroatoms. The molecule has 0 saturated carbocycles.